The molecule has 0 aromatic heterocycles. The summed E-state index contributed by atoms with van der Waals surface area (Å²) in [5, 5.41) is 24.3. The summed E-state index contributed by atoms with van der Waals surface area (Å²) < 4.78 is 13.1. The van der Waals surface area contributed by atoms with Crippen LogP contribution in [0.4, 0.5) is 21.5 Å². The fraction of sp³-hybridized carbons (Fsp3) is 0.0714. The second kappa shape index (κ2) is 6.18. The molecule has 0 atom stereocenters. The molecule has 1 amide bonds. The number of nitrogens with zero attached hydrogens (tertiary/aromatic N) is 2. The summed E-state index contributed by atoms with van der Waals surface area (Å²) >= 11 is 0. The van der Waals surface area contributed by atoms with Crippen LogP contribution < -0.4 is 5.32 Å². The zero-order chi connectivity index (χ0) is 17.1. The Hall–Kier alpha value is -3.36. The van der Waals surface area contributed by atoms with E-state index in [1.165, 1.54) is 25.1 Å². The lowest BCUT2D eigenvalue weighted by molar-refractivity contribution is -0.395. The van der Waals surface area contributed by atoms with Gasteiger partial charge in [-0.1, -0.05) is 6.07 Å². The van der Waals surface area contributed by atoms with E-state index in [9.17, 15) is 29.4 Å². The Morgan fingerprint density at radius 2 is 1.65 bits per heavy atom. The van der Waals surface area contributed by atoms with Crippen LogP contribution in [0.15, 0.2) is 36.4 Å². The molecule has 0 spiro atoms. The standard InChI is InChI=1S/C14H10FN3O5/c1-8-12(17(20)21)5-9(6-13(8)18(22)23)14(19)16-11-4-2-3-10(15)7-11/h2-7H,1H3,(H,16,19). The van der Waals surface area contributed by atoms with Gasteiger partial charge in [-0.15, -0.1) is 0 Å². The van der Waals surface area contributed by atoms with Crippen LogP contribution in [0.5, 0.6) is 0 Å². The Morgan fingerprint density at radius 1 is 1.09 bits per heavy atom. The molecular weight excluding hydrogens is 309 g/mol. The smallest absolute Gasteiger partial charge is 0.279 e. The number of hydrogen-bond acceptors (Lipinski definition) is 5. The molecule has 9 heteroatoms. The Bertz CT molecular complexity index is 787. The van der Waals surface area contributed by atoms with Gasteiger partial charge in [-0.3, -0.25) is 25.0 Å². The van der Waals surface area contributed by atoms with Crippen LogP contribution in [-0.4, -0.2) is 15.8 Å². The summed E-state index contributed by atoms with van der Waals surface area (Å²) in [7, 11) is 0. The number of benzene rings is 2. The number of hydrogen-bond donors (Lipinski definition) is 1. The normalized spacial score (nSPS) is 10.2. The highest BCUT2D eigenvalue weighted by molar-refractivity contribution is 6.05. The van der Waals surface area contributed by atoms with Crippen molar-refractivity contribution in [3.8, 4) is 0 Å². The summed E-state index contributed by atoms with van der Waals surface area (Å²) in [6, 6.07) is 6.89. The van der Waals surface area contributed by atoms with Crippen molar-refractivity contribution in [2.75, 3.05) is 5.32 Å². The van der Waals surface area contributed by atoms with Crippen molar-refractivity contribution < 1.29 is 19.0 Å². The van der Waals surface area contributed by atoms with Crippen molar-refractivity contribution in [3.63, 3.8) is 0 Å². The fourth-order valence-corrected chi connectivity index (χ4v) is 1.96. The zero-order valence-electron chi connectivity index (χ0n) is 11.8. The van der Waals surface area contributed by atoms with E-state index in [0.29, 0.717) is 0 Å². The lowest BCUT2D eigenvalue weighted by atomic mass is 10.1. The molecule has 0 aliphatic carbocycles. The maximum atomic E-state index is 13.1. The summed E-state index contributed by atoms with van der Waals surface area (Å²) in [5.41, 5.74) is -1.37. The van der Waals surface area contributed by atoms with Crippen molar-refractivity contribution in [1.82, 2.24) is 0 Å². The maximum Gasteiger partial charge on any atom is 0.279 e. The number of anilines is 1. The molecule has 23 heavy (non-hydrogen) atoms. The molecule has 1 N–H and O–H groups in total. The Labute approximate surface area is 128 Å². The van der Waals surface area contributed by atoms with Crippen LogP contribution in [0, 0.1) is 33.0 Å². The van der Waals surface area contributed by atoms with Crippen LogP contribution >= 0.6 is 0 Å². The van der Waals surface area contributed by atoms with Crippen LogP contribution in [0.3, 0.4) is 0 Å². The Morgan fingerprint density at radius 3 is 2.13 bits per heavy atom. The Kier molecular flexibility index (Phi) is 4.30. The van der Waals surface area contributed by atoms with Gasteiger partial charge in [0, 0.05) is 17.8 Å². The van der Waals surface area contributed by atoms with E-state index < -0.39 is 32.9 Å². The summed E-state index contributed by atoms with van der Waals surface area (Å²) in [6.45, 7) is 1.23. The predicted molar refractivity (Wildman–Crippen MR) is 78.8 cm³/mol. The van der Waals surface area contributed by atoms with Gasteiger partial charge in [0.1, 0.15) is 11.4 Å². The van der Waals surface area contributed by atoms with Gasteiger partial charge in [-0.25, -0.2) is 4.39 Å². The van der Waals surface area contributed by atoms with Gasteiger partial charge in [-0.2, -0.15) is 0 Å². The molecule has 0 saturated heterocycles. The van der Waals surface area contributed by atoms with E-state index in [-0.39, 0.29) is 16.8 Å². The molecule has 0 aliphatic rings. The maximum absolute atomic E-state index is 13.1. The van der Waals surface area contributed by atoms with Gasteiger partial charge < -0.3 is 5.32 Å². The van der Waals surface area contributed by atoms with E-state index in [1.54, 1.807) is 0 Å². The summed E-state index contributed by atoms with van der Waals surface area (Å²) in [6.07, 6.45) is 0. The first kappa shape index (κ1) is 16.0. The van der Waals surface area contributed by atoms with Crippen LogP contribution in [0.2, 0.25) is 0 Å². The molecule has 0 unspecified atom stereocenters. The van der Waals surface area contributed by atoms with Crippen molar-refractivity contribution in [2.45, 2.75) is 6.92 Å². The van der Waals surface area contributed by atoms with Crippen LogP contribution in [0.1, 0.15) is 15.9 Å². The average molecular weight is 319 g/mol. The average Bonchev–Trinajstić information content (AvgIpc) is 2.46. The third-order valence-corrected chi connectivity index (χ3v) is 3.09. The third kappa shape index (κ3) is 3.46. The van der Waals surface area contributed by atoms with E-state index in [4.69, 9.17) is 0 Å². The van der Waals surface area contributed by atoms with Gasteiger partial charge in [-0.05, 0) is 25.1 Å². The SMILES string of the molecule is Cc1c([N+](=O)[O-])cc(C(=O)Nc2cccc(F)c2)cc1[N+](=O)[O-]. The number of amides is 1. The van der Waals surface area contributed by atoms with Crippen LogP contribution in [-0.2, 0) is 0 Å². The zero-order valence-corrected chi connectivity index (χ0v) is 11.8. The first-order chi connectivity index (χ1) is 10.8. The van der Waals surface area contributed by atoms with Gasteiger partial charge in [0.15, 0.2) is 0 Å². The highest BCUT2D eigenvalue weighted by Crippen LogP contribution is 2.29. The van der Waals surface area contributed by atoms with Gasteiger partial charge >= 0.3 is 0 Å². The fourth-order valence-electron chi connectivity index (χ4n) is 1.96. The van der Waals surface area contributed by atoms with E-state index in [0.717, 1.165) is 18.2 Å². The van der Waals surface area contributed by atoms with Gasteiger partial charge in [0.2, 0.25) is 0 Å². The molecule has 0 saturated carbocycles. The minimum absolute atomic E-state index is 0.126. The minimum atomic E-state index is -0.818. The molecule has 0 bridgehead atoms. The van der Waals surface area contributed by atoms with Crippen molar-refractivity contribution in [2.24, 2.45) is 0 Å². The van der Waals surface area contributed by atoms with Crippen molar-refractivity contribution in [3.05, 3.63) is 73.6 Å². The quantitative estimate of drug-likeness (QED) is 0.686. The Balaban J connectivity index is 2.44. The lowest BCUT2D eigenvalue weighted by Crippen LogP contribution is -2.13. The number of carbonyl (C=O) groups excluding carboxylic acids is 1. The topological polar surface area (TPSA) is 115 Å². The molecule has 2 aromatic rings. The molecule has 118 valence electrons. The molecule has 8 nitrogen and oxygen atoms in total. The largest absolute Gasteiger partial charge is 0.322 e. The molecule has 2 rings (SSSR count). The highest BCUT2D eigenvalue weighted by Gasteiger charge is 2.25. The molecule has 2 aromatic carbocycles. The predicted octanol–water partition coefficient (Wildman–Crippen LogP) is 3.20. The van der Waals surface area contributed by atoms with E-state index in [2.05, 4.69) is 5.32 Å². The molecule has 0 aliphatic heterocycles. The van der Waals surface area contributed by atoms with Gasteiger partial charge in [0.05, 0.1) is 15.4 Å². The number of nitro benzene ring substituents is 2. The van der Waals surface area contributed by atoms with Crippen molar-refractivity contribution in [1.29, 1.82) is 0 Å². The van der Waals surface area contributed by atoms with Crippen LogP contribution in [0.25, 0.3) is 0 Å². The number of nitrogens with one attached hydrogen (secondary N) is 1. The molecule has 0 heterocycles. The third-order valence-electron chi connectivity index (χ3n) is 3.09. The number of rotatable bonds is 4. The first-order valence-electron chi connectivity index (χ1n) is 6.30. The monoisotopic (exact) mass is 319 g/mol. The first-order valence-corrected chi connectivity index (χ1v) is 6.30. The second-order valence-corrected chi connectivity index (χ2v) is 4.62. The van der Waals surface area contributed by atoms with E-state index >= 15 is 0 Å². The molecule has 0 radical (unpaired) electrons. The van der Waals surface area contributed by atoms with Gasteiger partial charge in [0.25, 0.3) is 17.3 Å². The highest BCUT2D eigenvalue weighted by atomic mass is 19.1. The second-order valence-electron chi connectivity index (χ2n) is 4.62. The molecular formula is C14H10FN3O5. The minimum Gasteiger partial charge on any atom is -0.322 e. The van der Waals surface area contributed by atoms with E-state index in [1.807, 2.05) is 0 Å². The van der Waals surface area contributed by atoms with Crippen molar-refractivity contribution >= 4 is 23.0 Å². The number of nitro groups is 2. The number of carbonyl (C=O) groups is 1. The summed E-state index contributed by atoms with van der Waals surface area (Å²) in [5.74, 6) is -1.40. The summed E-state index contributed by atoms with van der Waals surface area (Å²) in [4.78, 5) is 32.5. The number of halogens is 1. The lowest BCUT2D eigenvalue weighted by Gasteiger charge is -2.07. The molecule has 0 fully saturated rings.